The molecular formula is C38H68O6SSi3. The van der Waals surface area contributed by atoms with Gasteiger partial charge < -0.3 is 23.1 Å². The number of para-hydroxylation sites is 1. The second-order valence-electron chi connectivity index (χ2n) is 17.4. The third-order valence-electron chi connectivity index (χ3n) is 10.1. The number of thioether (sulfide) groups is 1. The average molecular weight is 737 g/mol. The molecule has 0 heterocycles. The molecule has 0 spiro atoms. The summed E-state index contributed by atoms with van der Waals surface area (Å²) in [5.41, 5.74) is -0.872. The molecule has 0 radical (unpaired) electrons. The summed E-state index contributed by atoms with van der Waals surface area (Å²) < 4.78 is 26.3. The Hall–Kier alpha value is -0.989. The molecule has 2 rings (SSSR count). The molecular weight excluding hydrogens is 669 g/mol. The lowest BCUT2D eigenvalue weighted by Gasteiger charge is -2.41. The van der Waals surface area contributed by atoms with E-state index >= 15 is 0 Å². The van der Waals surface area contributed by atoms with Crippen LogP contribution in [0.3, 0.4) is 0 Å². The number of allylic oxidation sites excluding steroid dienone is 1. The highest BCUT2D eigenvalue weighted by Crippen LogP contribution is 2.46. The topological polar surface area (TPSA) is 74.2 Å². The fraction of sp³-hybridized carbons (Fsp3) is 0.711. The smallest absolute Gasteiger partial charge is 0.192 e. The number of ether oxygens (including phenoxy) is 1. The third-order valence-corrected chi connectivity index (χ3v) is 20.9. The highest BCUT2D eigenvalue weighted by atomic mass is 32.2. The van der Waals surface area contributed by atoms with Crippen molar-refractivity contribution in [1.82, 2.24) is 0 Å². The first-order valence-electron chi connectivity index (χ1n) is 17.8. The van der Waals surface area contributed by atoms with Crippen molar-refractivity contribution < 1.29 is 27.9 Å². The van der Waals surface area contributed by atoms with E-state index in [1.807, 2.05) is 54.8 Å². The normalized spacial score (nSPS) is 21.1. The number of unbranched alkanes of at least 4 members (excludes halogenated alkanes) is 1. The zero-order valence-electron chi connectivity index (χ0n) is 32.7. The first kappa shape index (κ1) is 43.2. The average Bonchev–Trinajstić information content (AvgIpc) is 3.22. The molecule has 0 bridgehead atoms. The van der Waals surface area contributed by atoms with Crippen LogP contribution in [0.15, 0.2) is 53.5 Å². The zero-order chi connectivity index (χ0) is 36.6. The molecule has 4 atom stereocenters. The summed E-state index contributed by atoms with van der Waals surface area (Å²) in [7, 11) is -6.09. The second-order valence-corrected chi connectivity index (χ2v) is 32.2. The van der Waals surface area contributed by atoms with Crippen LogP contribution in [-0.4, -0.2) is 73.1 Å². The van der Waals surface area contributed by atoms with Gasteiger partial charge >= 0.3 is 0 Å². The van der Waals surface area contributed by atoms with Crippen LogP contribution in [0.2, 0.25) is 55.9 Å². The summed E-state index contributed by atoms with van der Waals surface area (Å²) in [6, 6.07) is 9.83. The second kappa shape index (κ2) is 17.5. The van der Waals surface area contributed by atoms with Crippen LogP contribution in [0.25, 0.3) is 0 Å². The third kappa shape index (κ3) is 12.7. The SMILES string of the molecule is CSC1=CC(CCCCOc2ccccc2)(O[Si](C)(C)C)C(C(O)/C=C/C(CCCO[Si](C)(C)C(C)(C)C)O[Si](C)(C)C(C)(C)C)C1=O. The Labute approximate surface area is 301 Å². The number of carbonyl (C=O) groups is 1. The Morgan fingerprint density at radius 2 is 1.48 bits per heavy atom. The molecule has 1 aromatic rings. The van der Waals surface area contributed by atoms with Gasteiger partial charge in [-0.1, -0.05) is 71.9 Å². The molecule has 0 aromatic heterocycles. The maximum absolute atomic E-state index is 13.9. The molecule has 6 nitrogen and oxygen atoms in total. The Morgan fingerprint density at radius 3 is 2.02 bits per heavy atom. The summed E-state index contributed by atoms with van der Waals surface area (Å²) in [6.07, 6.45) is 10.5. The van der Waals surface area contributed by atoms with E-state index in [1.165, 1.54) is 11.8 Å². The molecule has 48 heavy (non-hydrogen) atoms. The largest absolute Gasteiger partial charge is 0.494 e. The summed E-state index contributed by atoms with van der Waals surface area (Å²) in [5.74, 6) is 0.0992. The van der Waals surface area contributed by atoms with Crippen molar-refractivity contribution in [3.8, 4) is 5.75 Å². The molecule has 10 heteroatoms. The Balaban J connectivity index is 2.30. The molecule has 1 aromatic carbocycles. The molecule has 274 valence electrons. The van der Waals surface area contributed by atoms with Crippen molar-refractivity contribution >= 4 is 42.5 Å². The summed E-state index contributed by atoms with van der Waals surface area (Å²) >= 11 is 1.44. The minimum absolute atomic E-state index is 0.0388. The fourth-order valence-corrected chi connectivity index (χ4v) is 9.91. The summed E-state index contributed by atoms with van der Waals surface area (Å²) in [4.78, 5) is 14.6. The van der Waals surface area contributed by atoms with Crippen molar-refractivity contribution in [2.45, 2.75) is 147 Å². The van der Waals surface area contributed by atoms with Crippen LogP contribution in [0.1, 0.15) is 73.6 Å². The van der Waals surface area contributed by atoms with Crippen LogP contribution < -0.4 is 4.74 Å². The van der Waals surface area contributed by atoms with Crippen molar-refractivity contribution in [3.05, 3.63) is 53.5 Å². The molecule has 0 saturated heterocycles. The highest BCUT2D eigenvalue weighted by Gasteiger charge is 2.53. The van der Waals surface area contributed by atoms with E-state index in [1.54, 1.807) is 0 Å². The number of aliphatic hydroxyl groups excluding tert-OH is 1. The quantitative estimate of drug-likeness (QED) is 0.0861. The first-order valence-corrected chi connectivity index (χ1v) is 28.3. The van der Waals surface area contributed by atoms with Crippen LogP contribution in [-0.2, 0) is 18.1 Å². The van der Waals surface area contributed by atoms with Crippen LogP contribution >= 0.6 is 11.8 Å². The van der Waals surface area contributed by atoms with Gasteiger partial charge in [-0.05, 0) is 112 Å². The molecule has 0 fully saturated rings. The van der Waals surface area contributed by atoms with Gasteiger partial charge in [0, 0.05) is 11.5 Å². The minimum atomic E-state index is -2.13. The lowest BCUT2D eigenvalue weighted by molar-refractivity contribution is -0.126. The lowest BCUT2D eigenvalue weighted by Crippen LogP contribution is -2.50. The Morgan fingerprint density at radius 1 is 0.875 bits per heavy atom. The van der Waals surface area contributed by atoms with Crippen molar-refractivity contribution in [1.29, 1.82) is 0 Å². The van der Waals surface area contributed by atoms with E-state index in [-0.39, 0.29) is 22.0 Å². The van der Waals surface area contributed by atoms with Gasteiger partial charge in [-0.25, -0.2) is 0 Å². The van der Waals surface area contributed by atoms with Gasteiger partial charge in [0.25, 0.3) is 0 Å². The molecule has 1 aliphatic rings. The zero-order valence-corrected chi connectivity index (χ0v) is 36.5. The van der Waals surface area contributed by atoms with Crippen molar-refractivity contribution in [2.75, 3.05) is 19.5 Å². The fourth-order valence-electron chi connectivity index (χ4n) is 5.44. The molecule has 0 aliphatic heterocycles. The monoisotopic (exact) mass is 736 g/mol. The predicted molar refractivity (Wildman–Crippen MR) is 213 cm³/mol. The van der Waals surface area contributed by atoms with E-state index in [0.29, 0.717) is 24.5 Å². The number of ketones is 1. The van der Waals surface area contributed by atoms with E-state index in [0.717, 1.165) is 31.4 Å². The molecule has 0 saturated carbocycles. The van der Waals surface area contributed by atoms with E-state index in [9.17, 15) is 9.90 Å². The van der Waals surface area contributed by atoms with Gasteiger partial charge in [-0.3, -0.25) is 4.79 Å². The predicted octanol–water partition coefficient (Wildman–Crippen LogP) is 10.4. The van der Waals surface area contributed by atoms with Crippen LogP contribution in [0, 0.1) is 5.92 Å². The number of rotatable bonds is 19. The first-order chi connectivity index (χ1) is 21.9. The number of benzene rings is 1. The maximum Gasteiger partial charge on any atom is 0.192 e. The van der Waals surface area contributed by atoms with E-state index < -0.39 is 42.6 Å². The molecule has 1 aliphatic carbocycles. The molecule has 0 amide bonds. The van der Waals surface area contributed by atoms with Gasteiger partial charge in [0.15, 0.2) is 30.7 Å². The van der Waals surface area contributed by atoms with Gasteiger partial charge in [0.1, 0.15) is 5.75 Å². The standard InChI is InChI=1S/C38H68O6SSi3/c1-36(2,3)47(11,12)42-28-20-23-31(43-48(13,14)37(4,5)6)24-25-32(39)34-35(40)33(45-7)29-38(34,44-46(8,9)10)26-18-19-27-41-30-21-16-15-17-22-30/h15-17,21-22,24-25,29,31-32,34,39H,18-20,23,26-28H2,1-14H3/b25-24+. The highest BCUT2D eigenvalue weighted by molar-refractivity contribution is 8.03. The van der Waals surface area contributed by atoms with Crippen LogP contribution in [0.4, 0.5) is 0 Å². The summed E-state index contributed by atoms with van der Waals surface area (Å²) in [6.45, 7) is 30.3. The number of carbonyl (C=O) groups excluding carboxylic acids is 1. The van der Waals surface area contributed by atoms with E-state index in [2.05, 4.69) is 87.4 Å². The Bertz CT molecular complexity index is 1210. The van der Waals surface area contributed by atoms with Gasteiger partial charge in [0.05, 0.1) is 30.3 Å². The van der Waals surface area contributed by atoms with Gasteiger partial charge in [0.2, 0.25) is 0 Å². The lowest BCUT2D eigenvalue weighted by atomic mass is 9.81. The van der Waals surface area contributed by atoms with E-state index in [4.69, 9.17) is 18.0 Å². The van der Waals surface area contributed by atoms with Gasteiger partial charge in [-0.2, -0.15) is 0 Å². The van der Waals surface area contributed by atoms with Crippen molar-refractivity contribution in [3.63, 3.8) is 0 Å². The number of hydrogen-bond donors (Lipinski definition) is 1. The van der Waals surface area contributed by atoms with Gasteiger partial charge in [-0.15, -0.1) is 11.8 Å². The minimum Gasteiger partial charge on any atom is -0.494 e. The number of aliphatic hydroxyl groups is 1. The summed E-state index contributed by atoms with van der Waals surface area (Å²) in [5, 5.41) is 12.1. The van der Waals surface area contributed by atoms with Crippen LogP contribution in [0.5, 0.6) is 5.75 Å². The number of Topliss-reactive ketones (excluding diaryl/α,β-unsaturated/α-hetero) is 1. The maximum atomic E-state index is 13.9. The number of hydrogen-bond acceptors (Lipinski definition) is 7. The Kier molecular flexibility index (Phi) is 15.7. The molecule has 1 N–H and O–H groups in total. The van der Waals surface area contributed by atoms with Crippen molar-refractivity contribution in [2.24, 2.45) is 5.92 Å². The molecule has 4 unspecified atom stereocenters.